The second kappa shape index (κ2) is 5.40. The lowest BCUT2D eigenvalue weighted by Gasteiger charge is -2.38. The fourth-order valence-electron chi connectivity index (χ4n) is 2.83. The van der Waals surface area contributed by atoms with E-state index >= 15 is 0 Å². The first-order valence-electron chi connectivity index (χ1n) is 7.10. The van der Waals surface area contributed by atoms with Crippen molar-refractivity contribution in [2.24, 2.45) is 5.92 Å². The molecule has 1 heterocycles. The molecule has 1 aliphatic heterocycles. The van der Waals surface area contributed by atoms with Gasteiger partial charge in [0.2, 0.25) is 5.91 Å². The summed E-state index contributed by atoms with van der Waals surface area (Å²) in [6.45, 7) is 4.44. The fraction of sp³-hybridized carbons (Fsp3) is 0.923. The van der Waals surface area contributed by atoms with Gasteiger partial charge in [0.25, 0.3) is 0 Å². The van der Waals surface area contributed by atoms with Gasteiger partial charge in [-0.25, -0.2) is 8.42 Å². The van der Waals surface area contributed by atoms with E-state index in [-0.39, 0.29) is 5.91 Å². The zero-order valence-corrected chi connectivity index (χ0v) is 12.6. The first kappa shape index (κ1) is 14.8. The summed E-state index contributed by atoms with van der Waals surface area (Å²) in [5.41, 5.74) is 0. The van der Waals surface area contributed by atoms with E-state index in [1.165, 1.54) is 6.26 Å². The third kappa shape index (κ3) is 2.94. The van der Waals surface area contributed by atoms with Crippen LogP contribution in [0.15, 0.2) is 0 Å². The molecule has 0 aromatic heterocycles. The zero-order chi connectivity index (χ0) is 14.1. The van der Waals surface area contributed by atoms with Crippen LogP contribution < -0.4 is 5.32 Å². The molecule has 1 aliphatic carbocycles. The molecule has 2 rings (SSSR count). The van der Waals surface area contributed by atoms with Crippen LogP contribution in [0, 0.1) is 5.92 Å². The Bertz CT molecular complexity index is 437. The van der Waals surface area contributed by atoms with E-state index in [1.807, 2.05) is 6.92 Å². The van der Waals surface area contributed by atoms with Crippen LogP contribution in [0.1, 0.15) is 32.6 Å². The number of sulfone groups is 1. The third-order valence-electron chi connectivity index (χ3n) is 4.36. The topological polar surface area (TPSA) is 66.5 Å². The maximum atomic E-state index is 12.8. The highest BCUT2D eigenvalue weighted by atomic mass is 32.2. The van der Waals surface area contributed by atoms with Gasteiger partial charge in [0.05, 0.1) is 0 Å². The molecule has 2 fully saturated rings. The maximum absolute atomic E-state index is 12.8. The van der Waals surface area contributed by atoms with Crippen LogP contribution >= 0.6 is 0 Å². The van der Waals surface area contributed by atoms with E-state index in [4.69, 9.17) is 0 Å². The second-order valence-electron chi connectivity index (χ2n) is 5.80. The highest BCUT2D eigenvalue weighted by molar-refractivity contribution is 7.92. The van der Waals surface area contributed by atoms with Crippen molar-refractivity contribution in [2.75, 3.05) is 32.4 Å². The molecule has 0 aromatic rings. The smallest absolute Gasteiger partial charge is 0.244 e. The fourth-order valence-corrected chi connectivity index (χ4v) is 4.22. The van der Waals surface area contributed by atoms with Crippen LogP contribution in [-0.4, -0.2) is 56.4 Å². The molecular formula is C13H24N2O3S. The summed E-state index contributed by atoms with van der Waals surface area (Å²) in [7, 11) is -3.39. The van der Waals surface area contributed by atoms with E-state index in [1.54, 1.807) is 4.90 Å². The number of piperidine rings is 1. The molecule has 0 atom stereocenters. The Labute approximate surface area is 115 Å². The molecule has 1 N–H and O–H groups in total. The van der Waals surface area contributed by atoms with Crippen LogP contribution in [-0.2, 0) is 14.6 Å². The molecule has 0 aromatic carbocycles. The Hall–Kier alpha value is -0.620. The number of amides is 1. The molecule has 0 bridgehead atoms. The summed E-state index contributed by atoms with van der Waals surface area (Å²) >= 11 is 0. The van der Waals surface area contributed by atoms with Gasteiger partial charge in [0, 0.05) is 19.3 Å². The average molecular weight is 288 g/mol. The standard InChI is InChI=1S/C13H24N2O3S/c1-3-15(10-11-4-5-11)12(16)13(19(2,17)18)6-8-14-9-7-13/h11,14H,3-10H2,1-2H3. The average Bonchev–Trinajstić information content (AvgIpc) is 3.18. The van der Waals surface area contributed by atoms with Crippen LogP contribution in [0.3, 0.4) is 0 Å². The van der Waals surface area contributed by atoms with Crippen LogP contribution in [0.25, 0.3) is 0 Å². The molecular weight excluding hydrogens is 264 g/mol. The van der Waals surface area contributed by atoms with Gasteiger partial charge in [0.15, 0.2) is 14.6 Å². The first-order chi connectivity index (χ1) is 8.90. The summed E-state index contributed by atoms with van der Waals surface area (Å²) in [6, 6.07) is 0. The van der Waals surface area contributed by atoms with Gasteiger partial charge < -0.3 is 10.2 Å². The molecule has 1 amide bonds. The van der Waals surface area contributed by atoms with Gasteiger partial charge in [0.1, 0.15) is 0 Å². The largest absolute Gasteiger partial charge is 0.341 e. The summed E-state index contributed by atoms with van der Waals surface area (Å²) in [4.78, 5) is 14.5. The lowest BCUT2D eigenvalue weighted by atomic mass is 9.95. The predicted molar refractivity (Wildman–Crippen MR) is 74.7 cm³/mol. The Morgan fingerprint density at radius 2 is 1.89 bits per heavy atom. The van der Waals surface area contributed by atoms with Gasteiger partial charge in [-0.05, 0) is 51.6 Å². The number of carbonyl (C=O) groups is 1. The van der Waals surface area contributed by atoms with Gasteiger partial charge in [-0.15, -0.1) is 0 Å². The van der Waals surface area contributed by atoms with Crippen LogP contribution in [0.5, 0.6) is 0 Å². The maximum Gasteiger partial charge on any atom is 0.244 e. The van der Waals surface area contributed by atoms with E-state index < -0.39 is 14.6 Å². The Morgan fingerprint density at radius 1 is 1.32 bits per heavy atom. The van der Waals surface area contributed by atoms with Crippen LogP contribution in [0.4, 0.5) is 0 Å². The Kier molecular flexibility index (Phi) is 4.20. The molecule has 19 heavy (non-hydrogen) atoms. The molecule has 1 saturated carbocycles. The molecule has 110 valence electrons. The summed E-state index contributed by atoms with van der Waals surface area (Å²) in [5, 5.41) is 3.14. The predicted octanol–water partition coefficient (Wildman–Crippen LogP) is 0.412. The number of nitrogens with one attached hydrogen (secondary N) is 1. The van der Waals surface area contributed by atoms with Crippen molar-refractivity contribution in [3.8, 4) is 0 Å². The lowest BCUT2D eigenvalue weighted by molar-refractivity contribution is -0.134. The number of rotatable bonds is 5. The van der Waals surface area contributed by atoms with Crippen molar-refractivity contribution in [1.82, 2.24) is 10.2 Å². The molecule has 0 unspecified atom stereocenters. The summed E-state index contributed by atoms with van der Waals surface area (Å²) < 4.78 is 23.2. The Morgan fingerprint density at radius 3 is 2.32 bits per heavy atom. The molecule has 6 heteroatoms. The molecule has 0 radical (unpaired) electrons. The zero-order valence-electron chi connectivity index (χ0n) is 11.8. The van der Waals surface area contributed by atoms with Gasteiger partial charge in [-0.2, -0.15) is 0 Å². The van der Waals surface area contributed by atoms with Gasteiger partial charge in [-0.3, -0.25) is 4.79 Å². The van der Waals surface area contributed by atoms with Crippen molar-refractivity contribution < 1.29 is 13.2 Å². The quantitative estimate of drug-likeness (QED) is 0.796. The number of carbonyl (C=O) groups excluding carboxylic acids is 1. The van der Waals surface area contributed by atoms with E-state index in [0.29, 0.717) is 38.4 Å². The normalized spacial score (nSPS) is 23.1. The minimum absolute atomic E-state index is 0.175. The second-order valence-corrected chi connectivity index (χ2v) is 8.13. The number of hydrogen-bond acceptors (Lipinski definition) is 4. The minimum Gasteiger partial charge on any atom is -0.341 e. The Balaban J connectivity index is 2.23. The van der Waals surface area contributed by atoms with Crippen molar-refractivity contribution in [1.29, 1.82) is 0 Å². The van der Waals surface area contributed by atoms with E-state index in [0.717, 1.165) is 19.4 Å². The first-order valence-corrected chi connectivity index (χ1v) is 8.99. The van der Waals surface area contributed by atoms with E-state index in [2.05, 4.69) is 5.32 Å². The van der Waals surface area contributed by atoms with Crippen molar-refractivity contribution in [3.05, 3.63) is 0 Å². The molecule has 0 spiro atoms. The summed E-state index contributed by atoms with van der Waals surface area (Å²) in [5.74, 6) is 0.410. The number of nitrogens with zero attached hydrogens (tertiary/aromatic N) is 1. The lowest BCUT2D eigenvalue weighted by Crippen LogP contribution is -2.58. The SMILES string of the molecule is CCN(CC1CC1)C(=O)C1(S(C)(=O)=O)CCNCC1. The van der Waals surface area contributed by atoms with Crippen LogP contribution in [0.2, 0.25) is 0 Å². The monoisotopic (exact) mass is 288 g/mol. The molecule has 5 nitrogen and oxygen atoms in total. The molecule has 1 saturated heterocycles. The van der Waals surface area contributed by atoms with Gasteiger partial charge in [-0.1, -0.05) is 0 Å². The minimum atomic E-state index is -3.39. The highest BCUT2D eigenvalue weighted by Crippen LogP contribution is 2.34. The van der Waals surface area contributed by atoms with Crippen molar-refractivity contribution >= 4 is 15.7 Å². The van der Waals surface area contributed by atoms with Crippen molar-refractivity contribution in [3.63, 3.8) is 0 Å². The third-order valence-corrected chi connectivity index (χ3v) is 6.36. The van der Waals surface area contributed by atoms with Gasteiger partial charge >= 0.3 is 0 Å². The molecule has 2 aliphatic rings. The van der Waals surface area contributed by atoms with Crippen molar-refractivity contribution in [2.45, 2.75) is 37.4 Å². The number of hydrogen-bond donors (Lipinski definition) is 1. The highest BCUT2D eigenvalue weighted by Gasteiger charge is 2.50. The summed E-state index contributed by atoms with van der Waals surface area (Å²) in [6.07, 6.45) is 4.33. The van der Waals surface area contributed by atoms with E-state index in [9.17, 15) is 13.2 Å².